The molecule has 0 atom stereocenters. The van der Waals surface area contributed by atoms with Crippen molar-refractivity contribution in [2.75, 3.05) is 39.3 Å². The first-order valence-electron chi connectivity index (χ1n) is 12.8. The monoisotopic (exact) mass is 513 g/mol. The van der Waals surface area contributed by atoms with Crippen LogP contribution in [0.2, 0.25) is 5.02 Å². The van der Waals surface area contributed by atoms with Gasteiger partial charge in [0.1, 0.15) is 11.4 Å². The quantitative estimate of drug-likeness (QED) is 0.482. The van der Waals surface area contributed by atoms with Crippen molar-refractivity contribution in [1.29, 1.82) is 0 Å². The van der Waals surface area contributed by atoms with Crippen molar-refractivity contribution >= 4 is 28.4 Å². The molecule has 6 rings (SSSR count). The lowest BCUT2D eigenvalue weighted by atomic mass is 9.74. The molecule has 1 N–H and O–H groups in total. The molecule has 1 spiro atoms. The van der Waals surface area contributed by atoms with Gasteiger partial charge in [0.25, 0.3) is 5.91 Å². The van der Waals surface area contributed by atoms with Crippen molar-refractivity contribution in [1.82, 2.24) is 14.8 Å². The molecule has 4 heterocycles. The van der Waals surface area contributed by atoms with Gasteiger partial charge in [-0.3, -0.25) is 4.79 Å². The van der Waals surface area contributed by atoms with Gasteiger partial charge in [-0.1, -0.05) is 17.7 Å². The Morgan fingerprint density at radius 2 is 1.81 bits per heavy atom. The summed E-state index contributed by atoms with van der Waals surface area (Å²) in [7, 11) is 0. The average molecular weight is 514 g/mol. The molecule has 2 fully saturated rings. The van der Waals surface area contributed by atoms with Crippen LogP contribution in [0.25, 0.3) is 10.9 Å². The van der Waals surface area contributed by atoms with E-state index in [9.17, 15) is 13.6 Å². The van der Waals surface area contributed by atoms with Crippen molar-refractivity contribution in [3.05, 3.63) is 64.3 Å². The van der Waals surface area contributed by atoms with E-state index >= 15 is 0 Å². The van der Waals surface area contributed by atoms with E-state index in [4.69, 9.17) is 16.3 Å². The maximum atomic E-state index is 13.5. The molecule has 3 aliphatic heterocycles. The number of fused-ring (bicyclic) bond motifs is 3. The molecule has 3 aromatic rings. The molecule has 2 aromatic carbocycles. The number of aromatic nitrogens is 1. The molecular weight excluding hydrogens is 484 g/mol. The zero-order valence-electron chi connectivity index (χ0n) is 20.2. The minimum Gasteiger partial charge on any atom is -0.492 e. The lowest BCUT2D eigenvalue weighted by Crippen LogP contribution is -2.44. The molecule has 0 bridgehead atoms. The third kappa shape index (κ3) is 4.37. The average Bonchev–Trinajstić information content (AvgIpc) is 3.45. The predicted octanol–water partition coefficient (Wildman–Crippen LogP) is 5.77. The number of hydrogen-bond donors (Lipinski definition) is 1. The molecule has 5 nitrogen and oxygen atoms in total. The zero-order chi connectivity index (χ0) is 24.9. The molecule has 0 aliphatic carbocycles. The Kier molecular flexibility index (Phi) is 6.16. The molecule has 1 aromatic heterocycles. The number of likely N-dealkylation sites (tertiary alicyclic amines) is 2. The first-order valence-corrected chi connectivity index (χ1v) is 13.2. The number of nitrogens with one attached hydrogen (secondary N) is 1. The smallest absolute Gasteiger partial charge is 0.270 e. The van der Waals surface area contributed by atoms with Crippen molar-refractivity contribution in [2.24, 2.45) is 5.92 Å². The molecule has 1 amide bonds. The highest BCUT2D eigenvalue weighted by Crippen LogP contribution is 2.46. The molecule has 190 valence electrons. The molecule has 3 aliphatic rings. The van der Waals surface area contributed by atoms with E-state index in [0.29, 0.717) is 35.6 Å². The van der Waals surface area contributed by atoms with Crippen LogP contribution in [-0.2, 0) is 5.41 Å². The Bertz CT molecular complexity index is 1250. The Balaban J connectivity index is 0.982. The highest BCUT2D eigenvalue weighted by atomic mass is 35.5. The molecule has 36 heavy (non-hydrogen) atoms. The van der Waals surface area contributed by atoms with Crippen molar-refractivity contribution in [3.8, 4) is 5.75 Å². The van der Waals surface area contributed by atoms with Crippen molar-refractivity contribution < 1.29 is 18.3 Å². The number of amides is 1. The van der Waals surface area contributed by atoms with Gasteiger partial charge in [-0.15, -0.1) is 0 Å². The molecule has 8 heteroatoms. The molecule has 0 radical (unpaired) electrons. The van der Waals surface area contributed by atoms with Gasteiger partial charge in [0.15, 0.2) is 11.6 Å². The first kappa shape index (κ1) is 23.7. The van der Waals surface area contributed by atoms with E-state index in [0.717, 1.165) is 81.3 Å². The summed E-state index contributed by atoms with van der Waals surface area (Å²) in [5.41, 5.74) is 2.26. The number of aromatic amines is 1. The Morgan fingerprint density at radius 3 is 2.58 bits per heavy atom. The first-order chi connectivity index (χ1) is 17.4. The van der Waals surface area contributed by atoms with Crippen LogP contribution < -0.4 is 4.74 Å². The van der Waals surface area contributed by atoms with Gasteiger partial charge in [0.2, 0.25) is 0 Å². The molecule has 0 unspecified atom stereocenters. The number of nitrogens with zero attached hydrogens (tertiary/aromatic N) is 2. The van der Waals surface area contributed by atoms with Crippen LogP contribution >= 0.6 is 11.6 Å². The summed E-state index contributed by atoms with van der Waals surface area (Å²) in [6.45, 7) is 5.41. The van der Waals surface area contributed by atoms with Crippen LogP contribution in [0.5, 0.6) is 5.75 Å². The Hall–Kier alpha value is -2.64. The van der Waals surface area contributed by atoms with Gasteiger partial charge in [-0.05, 0) is 81.9 Å². The second-order valence-corrected chi connectivity index (χ2v) is 11.0. The standard InChI is InChI=1S/C28H30ClF2N3O2/c29-20-1-2-21-26(15-20)36-17-28(21)6-11-33(12-7-28)8-3-18-4-9-34(10-5-18)27(35)25-14-19-13-22(30)23(31)16-24(19)32-25/h1-2,13-16,18,32H,3-12,17H2. The van der Waals surface area contributed by atoms with Gasteiger partial charge in [0.05, 0.1) is 6.61 Å². The van der Waals surface area contributed by atoms with Crippen molar-refractivity contribution in [2.45, 2.75) is 37.5 Å². The normalized spacial score (nSPS) is 20.1. The number of benzene rings is 2. The van der Waals surface area contributed by atoms with Gasteiger partial charge in [-0.25, -0.2) is 8.78 Å². The van der Waals surface area contributed by atoms with Gasteiger partial charge < -0.3 is 19.5 Å². The summed E-state index contributed by atoms with van der Waals surface area (Å²) < 4.78 is 33.0. The predicted molar refractivity (Wildman–Crippen MR) is 136 cm³/mol. The van der Waals surface area contributed by atoms with E-state index in [1.165, 1.54) is 5.56 Å². The van der Waals surface area contributed by atoms with Crippen LogP contribution in [0.15, 0.2) is 36.4 Å². The zero-order valence-corrected chi connectivity index (χ0v) is 20.9. The summed E-state index contributed by atoms with van der Waals surface area (Å²) in [5.74, 6) is -0.375. The fourth-order valence-electron chi connectivity index (χ4n) is 6.17. The molecule has 0 saturated carbocycles. The number of hydrogen-bond acceptors (Lipinski definition) is 3. The van der Waals surface area contributed by atoms with Crippen LogP contribution in [-0.4, -0.2) is 60.0 Å². The number of carbonyl (C=O) groups excluding carboxylic acids is 1. The van der Waals surface area contributed by atoms with Crippen LogP contribution in [0.1, 0.15) is 48.2 Å². The maximum Gasteiger partial charge on any atom is 0.270 e. The van der Waals surface area contributed by atoms with E-state index in [1.807, 2.05) is 17.0 Å². The number of carbonyl (C=O) groups is 1. The van der Waals surface area contributed by atoms with Crippen LogP contribution in [0.3, 0.4) is 0 Å². The summed E-state index contributed by atoms with van der Waals surface area (Å²) in [6, 6.07) is 9.88. The highest BCUT2D eigenvalue weighted by molar-refractivity contribution is 6.30. The number of rotatable bonds is 4. The maximum absolute atomic E-state index is 13.5. The summed E-state index contributed by atoms with van der Waals surface area (Å²) in [5, 5.41) is 1.23. The molecular formula is C28H30ClF2N3O2. The number of piperidine rings is 2. The second kappa shape index (κ2) is 9.34. The van der Waals surface area contributed by atoms with Crippen LogP contribution in [0.4, 0.5) is 8.78 Å². The third-order valence-electron chi connectivity index (χ3n) is 8.48. The van der Waals surface area contributed by atoms with Gasteiger partial charge in [-0.2, -0.15) is 0 Å². The van der Waals surface area contributed by atoms with E-state index < -0.39 is 11.6 Å². The van der Waals surface area contributed by atoms with Crippen molar-refractivity contribution in [3.63, 3.8) is 0 Å². The topological polar surface area (TPSA) is 48.6 Å². The highest BCUT2D eigenvalue weighted by Gasteiger charge is 2.43. The third-order valence-corrected chi connectivity index (χ3v) is 8.71. The number of halogens is 3. The van der Waals surface area contributed by atoms with E-state index in [-0.39, 0.29) is 11.3 Å². The Morgan fingerprint density at radius 1 is 1.06 bits per heavy atom. The summed E-state index contributed by atoms with van der Waals surface area (Å²) in [6.07, 6.45) is 5.31. The van der Waals surface area contributed by atoms with Crippen LogP contribution in [0, 0.1) is 17.6 Å². The largest absolute Gasteiger partial charge is 0.492 e. The van der Waals surface area contributed by atoms with E-state index in [2.05, 4.69) is 16.0 Å². The summed E-state index contributed by atoms with van der Waals surface area (Å²) >= 11 is 6.14. The number of H-pyrrole nitrogens is 1. The minimum atomic E-state index is -0.917. The number of ether oxygens (including phenoxy) is 1. The minimum absolute atomic E-state index is 0.104. The summed E-state index contributed by atoms with van der Waals surface area (Å²) in [4.78, 5) is 20.3. The fraction of sp³-hybridized carbons (Fsp3) is 0.464. The van der Waals surface area contributed by atoms with Gasteiger partial charge in [0, 0.05) is 46.1 Å². The Labute approximate surface area is 214 Å². The molecule has 2 saturated heterocycles. The lowest BCUT2D eigenvalue weighted by Gasteiger charge is -2.39. The fourth-order valence-corrected chi connectivity index (χ4v) is 6.33. The SMILES string of the molecule is O=C(c1cc2cc(F)c(F)cc2[nH]1)N1CCC(CCN2CCC3(CC2)COc2cc(Cl)ccc23)CC1. The van der Waals surface area contributed by atoms with Gasteiger partial charge >= 0.3 is 0 Å². The lowest BCUT2D eigenvalue weighted by molar-refractivity contribution is 0.0669. The second-order valence-electron chi connectivity index (χ2n) is 10.6. The van der Waals surface area contributed by atoms with E-state index in [1.54, 1.807) is 6.07 Å².